The highest BCUT2D eigenvalue weighted by atomic mass is 16.8. The third kappa shape index (κ3) is 1.66. The third-order valence-corrected chi connectivity index (χ3v) is 2.60. The van der Waals surface area contributed by atoms with Crippen molar-refractivity contribution >= 4 is 0 Å². The van der Waals surface area contributed by atoms with Crippen molar-refractivity contribution < 1.29 is 23.7 Å². The first-order valence-corrected chi connectivity index (χ1v) is 4.74. The Morgan fingerprint density at radius 3 is 2.36 bits per heavy atom. The summed E-state index contributed by atoms with van der Waals surface area (Å²) in [6, 6.07) is 0. The second kappa shape index (κ2) is 4.12. The van der Waals surface area contributed by atoms with Gasteiger partial charge in [-0.25, -0.2) is 0 Å². The van der Waals surface area contributed by atoms with Crippen LogP contribution in [-0.2, 0) is 23.7 Å². The Balaban J connectivity index is 2.03. The summed E-state index contributed by atoms with van der Waals surface area (Å²) >= 11 is 0. The molecule has 0 aromatic carbocycles. The van der Waals surface area contributed by atoms with Crippen LogP contribution in [-0.4, -0.2) is 45.8 Å². The highest BCUT2D eigenvalue weighted by molar-refractivity contribution is 4.81. The molecule has 0 saturated carbocycles. The van der Waals surface area contributed by atoms with Gasteiger partial charge in [0.25, 0.3) is 0 Å². The molecule has 2 saturated heterocycles. The monoisotopic (exact) mass is 204 g/mol. The minimum Gasteiger partial charge on any atom is -0.351 e. The Hall–Kier alpha value is -0.200. The zero-order valence-electron chi connectivity index (χ0n) is 8.64. The lowest BCUT2D eigenvalue weighted by molar-refractivity contribution is -0.378. The molecule has 0 amide bonds. The summed E-state index contributed by atoms with van der Waals surface area (Å²) in [6.45, 7) is 2.72. The summed E-state index contributed by atoms with van der Waals surface area (Å²) in [7, 11) is 3.12. The lowest BCUT2D eigenvalue weighted by Crippen LogP contribution is -2.50. The second-order valence-electron chi connectivity index (χ2n) is 3.62. The lowest BCUT2D eigenvalue weighted by atomic mass is 10.1. The van der Waals surface area contributed by atoms with Crippen LogP contribution in [0.5, 0.6) is 0 Å². The van der Waals surface area contributed by atoms with E-state index in [-0.39, 0.29) is 12.4 Å². The molecule has 2 aliphatic rings. The molecular weight excluding hydrogens is 188 g/mol. The molecule has 2 rings (SSSR count). The fourth-order valence-electron chi connectivity index (χ4n) is 1.77. The van der Waals surface area contributed by atoms with E-state index < -0.39 is 12.6 Å². The normalized spacial score (nSPS) is 47.8. The SMILES string of the molecule is CO[C@H]1O[C@@H]2OC[C@@H](C)[C@@H]2O[C@@H]1OC. The van der Waals surface area contributed by atoms with Gasteiger partial charge in [-0.3, -0.25) is 0 Å². The van der Waals surface area contributed by atoms with Crippen LogP contribution in [0.1, 0.15) is 6.92 Å². The molecule has 0 unspecified atom stereocenters. The predicted molar refractivity (Wildman–Crippen MR) is 46.5 cm³/mol. The summed E-state index contributed by atoms with van der Waals surface area (Å²) in [5.41, 5.74) is 0. The zero-order valence-corrected chi connectivity index (χ0v) is 8.64. The molecule has 14 heavy (non-hydrogen) atoms. The molecule has 0 N–H and O–H groups in total. The first kappa shape index (κ1) is 10.3. The van der Waals surface area contributed by atoms with Crippen molar-refractivity contribution in [2.24, 2.45) is 5.92 Å². The molecule has 2 heterocycles. The lowest BCUT2D eigenvalue weighted by Gasteiger charge is -2.37. The van der Waals surface area contributed by atoms with E-state index in [0.717, 1.165) is 0 Å². The van der Waals surface area contributed by atoms with Crippen LogP contribution in [0.25, 0.3) is 0 Å². The van der Waals surface area contributed by atoms with Crippen LogP contribution in [0.4, 0.5) is 0 Å². The summed E-state index contributed by atoms with van der Waals surface area (Å²) in [6.07, 6.45) is -1.34. The first-order chi connectivity index (χ1) is 6.76. The predicted octanol–water partition coefficient (Wildman–Crippen LogP) is 0.339. The van der Waals surface area contributed by atoms with Crippen molar-refractivity contribution in [2.75, 3.05) is 20.8 Å². The highest BCUT2D eigenvalue weighted by Gasteiger charge is 2.46. The van der Waals surface area contributed by atoms with Crippen LogP contribution in [0.3, 0.4) is 0 Å². The van der Waals surface area contributed by atoms with Crippen LogP contribution in [0.2, 0.25) is 0 Å². The molecule has 0 radical (unpaired) electrons. The molecule has 0 bridgehead atoms. The van der Waals surface area contributed by atoms with Gasteiger partial charge in [0.05, 0.1) is 6.61 Å². The van der Waals surface area contributed by atoms with Crippen molar-refractivity contribution in [1.29, 1.82) is 0 Å². The van der Waals surface area contributed by atoms with E-state index in [4.69, 9.17) is 23.7 Å². The fourth-order valence-corrected chi connectivity index (χ4v) is 1.77. The summed E-state index contributed by atoms with van der Waals surface area (Å²) in [5.74, 6) is 0.329. The van der Waals surface area contributed by atoms with Crippen molar-refractivity contribution in [1.82, 2.24) is 0 Å². The molecule has 5 heteroatoms. The Morgan fingerprint density at radius 2 is 1.71 bits per heavy atom. The van der Waals surface area contributed by atoms with E-state index in [1.165, 1.54) is 0 Å². The van der Waals surface area contributed by atoms with Gasteiger partial charge in [0.2, 0.25) is 12.6 Å². The van der Waals surface area contributed by atoms with Crippen LogP contribution in [0, 0.1) is 5.92 Å². The summed E-state index contributed by atoms with van der Waals surface area (Å²) in [5, 5.41) is 0. The topological polar surface area (TPSA) is 46.2 Å². The highest BCUT2D eigenvalue weighted by Crippen LogP contribution is 2.31. The molecule has 2 aliphatic heterocycles. The van der Waals surface area contributed by atoms with Crippen LogP contribution >= 0.6 is 0 Å². The largest absolute Gasteiger partial charge is 0.351 e. The van der Waals surface area contributed by atoms with E-state index in [9.17, 15) is 0 Å². The summed E-state index contributed by atoms with van der Waals surface area (Å²) in [4.78, 5) is 0. The number of hydrogen-bond acceptors (Lipinski definition) is 5. The van der Waals surface area contributed by atoms with Gasteiger partial charge in [0.1, 0.15) is 6.10 Å². The average Bonchev–Trinajstić information content (AvgIpc) is 2.58. The van der Waals surface area contributed by atoms with Crippen LogP contribution in [0.15, 0.2) is 0 Å². The molecule has 0 aromatic rings. The van der Waals surface area contributed by atoms with E-state index in [0.29, 0.717) is 12.5 Å². The van der Waals surface area contributed by atoms with Crippen molar-refractivity contribution in [3.05, 3.63) is 0 Å². The Bertz CT molecular complexity index is 198. The molecule has 0 spiro atoms. The van der Waals surface area contributed by atoms with E-state index in [1.807, 2.05) is 0 Å². The van der Waals surface area contributed by atoms with Crippen LogP contribution < -0.4 is 0 Å². The molecule has 82 valence electrons. The molecule has 0 aliphatic carbocycles. The van der Waals surface area contributed by atoms with Gasteiger partial charge in [-0.15, -0.1) is 0 Å². The van der Waals surface area contributed by atoms with Crippen molar-refractivity contribution in [3.63, 3.8) is 0 Å². The maximum absolute atomic E-state index is 5.68. The Morgan fingerprint density at radius 1 is 1.07 bits per heavy atom. The minimum absolute atomic E-state index is 0.0497. The van der Waals surface area contributed by atoms with Crippen molar-refractivity contribution in [2.45, 2.75) is 31.9 Å². The molecular formula is C9H16O5. The molecule has 5 nitrogen and oxygen atoms in total. The average molecular weight is 204 g/mol. The van der Waals surface area contributed by atoms with Gasteiger partial charge in [-0.2, -0.15) is 0 Å². The Kier molecular flexibility index (Phi) is 3.04. The van der Waals surface area contributed by atoms with E-state index in [1.54, 1.807) is 14.2 Å². The van der Waals surface area contributed by atoms with Crippen molar-refractivity contribution in [3.8, 4) is 0 Å². The molecule has 5 atom stereocenters. The number of methoxy groups -OCH3 is 2. The maximum atomic E-state index is 5.68. The summed E-state index contributed by atoms with van der Waals surface area (Å²) < 4.78 is 26.8. The maximum Gasteiger partial charge on any atom is 0.211 e. The second-order valence-corrected chi connectivity index (χ2v) is 3.62. The fraction of sp³-hybridized carbons (Fsp3) is 1.00. The molecule has 0 aromatic heterocycles. The third-order valence-electron chi connectivity index (χ3n) is 2.60. The number of hydrogen-bond donors (Lipinski definition) is 0. The standard InChI is InChI=1S/C9H16O5/c1-5-4-12-7-6(5)13-8(10-2)9(11-3)14-7/h5-9H,4H2,1-3H3/t5-,6+,7+,8+,9+/m1/s1. The van der Waals surface area contributed by atoms with Gasteiger partial charge in [-0.1, -0.05) is 6.92 Å². The van der Waals surface area contributed by atoms with E-state index >= 15 is 0 Å². The van der Waals surface area contributed by atoms with Gasteiger partial charge in [-0.05, 0) is 0 Å². The Labute approximate surface area is 83.2 Å². The minimum atomic E-state index is -0.508. The smallest absolute Gasteiger partial charge is 0.211 e. The van der Waals surface area contributed by atoms with Gasteiger partial charge >= 0.3 is 0 Å². The zero-order chi connectivity index (χ0) is 10.1. The van der Waals surface area contributed by atoms with E-state index in [2.05, 4.69) is 6.92 Å². The number of rotatable bonds is 2. The quantitative estimate of drug-likeness (QED) is 0.649. The van der Waals surface area contributed by atoms with Gasteiger partial charge in [0.15, 0.2) is 6.29 Å². The van der Waals surface area contributed by atoms with Gasteiger partial charge in [0, 0.05) is 20.1 Å². The number of fused-ring (bicyclic) bond motifs is 1. The number of ether oxygens (including phenoxy) is 5. The van der Waals surface area contributed by atoms with Gasteiger partial charge < -0.3 is 23.7 Å². The first-order valence-electron chi connectivity index (χ1n) is 4.74. The molecule has 2 fully saturated rings.